The van der Waals surface area contributed by atoms with E-state index in [0.29, 0.717) is 24.5 Å². The lowest BCUT2D eigenvalue weighted by Gasteiger charge is -2.22. The van der Waals surface area contributed by atoms with Crippen molar-refractivity contribution in [2.24, 2.45) is 0 Å². The van der Waals surface area contributed by atoms with E-state index in [1.54, 1.807) is 24.6 Å². The lowest BCUT2D eigenvalue weighted by Crippen LogP contribution is -2.42. The average Bonchev–Trinajstić information content (AvgIpc) is 3.49. The van der Waals surface area contributed by atoms with Crippen LogP contribution in [0.5, 0.6) is 5.75 Å². The number of benzene rings is 1. The van der Waals surface area contributed by atoms with Gasteiger partial charge < -0.3 is 10.1 Å². The fourth-order valence-corrected chi connectivity index (χ4v) is 6.73. The molecule has 0 saturated carbocycles. The van der Waals surface area contributed by atoms with Gasteiger partial charge in [0, 0.05) is 17.5 Å². The molecule has 0 spiro atoms. The van der Waals surface area contributed by atoms with Crippen LogP contribution in [0.1, 0.15) is 12.8 Å². The van der Waals surface area contributed by atoms with Crippen molar-refractivity contribution in [2.45, 2.75) is 23.1 Å². The van der Waals surface area contributed by atoms with E-state index in [-0.39, 0.29) is 10.1 Å². The molecule has 1 aliphatic rings. The lowest BCUT2D eigenvalue weighted by atomic mass is 10.2. The molecule has 0 radical (unpaired) electrons. The maximum Gasteiger partial charge on any atom is 0.253 e. The molecule has 1 aromatic carbocycles. The van der Waals surface area contributed by atoms with Crippen LogP contribution in [0.15, 0.2) is 51.4 Å². The fourth-order valence-electron chi connectivity index (χ4n) is 3.23. The molecular weight excluding hydrogens is 430 g/mol. The van der Waals surface area contributed by atoms with E-state index in [4.69, 9.17) is 4.74 Å². The summed E-state index contributed by atoms with van der Waals surface area (Å²) in [5, 5.41) is 6.80. The minimum absolute atomic E-state index is 0.258. The van der Waals surface area contributed by atoms with E-state index in [0.717, 1.165) is 28.3 Å². The SMILES string of the molecule is COc1ccc(-c2csc(NC(=O)C3CCCN3S(=O)(=O)c3cccs3)n2)cc1. The highest BCUT2D eigenvalue weighted by atomic mass is 32.2. The van der Waals surface area contributed by atoms with Crippen LogP contribution < -0.4 is 10.1 Å². The summed E-state index contributed by atoms with van der Waals surface area (Å²) < 4.78 is 32.4. The van der Waals surface area contributed by atoms with Gasteiger partial charge in [-0.1, -0.05) is 6.07 Å². The molecule has 3 heterocycles. The van der Waals surface area contributed by atoms with Crippen LogP contribution in [0, 0.1) is 0 Å². The van der Waals surface area contributed by atoms with Crippen molar-refractivity contribution in [3.63, 3.8) is 0 Å². The Bertz CT molecular complexity index is 1090. The minimum Gasteiger partial charge on any atom is -0.497 e. The maximum absolute atomic E-state index is 12.8. The zero-order chi connectivity index (χ0) is 20.4. The van der Waals surface area contributed by atoms with Crippen LogP contribution in [-0.4, -0.2) is 43.3 Å². The highest BCUT2D eigenvalue weighted by Crippen LogP contribution is 2.30. The number of ether oxygens (including phenoxy) is 1. The molecule has 152 valence electrons. The molecule has 1 N–H and O–H groups in total. The molecule has 3 aromatic rings. The van der Waals surface area contributed by atoms with Crippen LogP contribution in [-0.2, 0) is 14.8 Å². The molecule has 1 unspecified atom stereocenters. The third-order valence-corrected chi connectivity index (χ3v) is 8.72. The molecule has 2 aromatic heterocycles. The van der Waals surface area contributed by atoms with Crippen molar-refractivity contribution >= 4 is 43.7 Å². The molecule has 1 saturated heterocycles. The van der Waals surface area contributed by atoms with E-state index < -0.39 is 16.1 Å². The summed E-state index contributed by atoms with van der Waals surface area (Å²) in [6.45, 7) is 0.341. The lowest BCUT2D eigenvalue weighted by molar-refractivity contribution is -0.119. The van der Waals surface area contributed by atoms with Gasteiger partial charge in [0.2, 0.25) is 5.91 Å². The van der Waals surface area contributed by atoms with Crippen molar-refractivity contribution < 1.29 is 17.9 Å². The number of anilines is 1. The highest BCUT2D eigenvalue weighted by Gasteiger charge is 2.40. The van der Waals surface area contributed by atoms with E-state index in [9.17, 15) is 13.2 Å². The molecule has 29 heavy (non-hydrogen) atoms. The first-order chi connectivity index (χ1) is 14.0. The first-order valence-corrected chi connectivity index (χ1v) is 12.1. The van der Waals surface area contributed by atoms with Gasteiger partial charge in [-0.2, -0.15) is 4.31 Å². The summed E-state index contributed by atoms with van der Waals surface area (Å²) in [5.41, 5.74) is 1.65. The van der Waals surface area contributed by atoms with Crippen LogP contribution in [0.3, 0.4) is 0 Å². The number of thiophene rings is 1. The maximum atomic E-state index is 12.8. The Morgan fingerprint density at radius 2 is 2.03 bits per heavy atom. The number of carbonyl (C=O) groups excluding carboxylic acids is 1. The number of rotatable bonds is 6. The van der Waals surface area contributed by atoms with Gasteiger partial charge in [-0.15, -0.1) is 22.7 Å². The van der Waals surface area contributed by atoms with Crippen molar-refractivity contribution in [3.8, 4) is 17.0 Å². The van der Waals surface area contributed by atoms with Gasteiger partial charge in [0.1, 0.15) is 16.0 Å². The number of hydrogen-bond donors (Lipinski definition) is 1. The van der Waals surface area contributed by atoms with E-state index in [1.807, 2.05) is 29.6 Å². The number of hydrogen-bond acceptors (Lipinski definition) is 7. The number of nitrogens with one attached hydrogen (secondary N) is 1. The standard InChI is InChI=1S/C19H19N3O4S3/c1-26-14-8-6-13(7-9-14)15-12-28-19(20-15)21-18(23)16-4-2-10-22(16)29(24,25)17-5-3-11-27-17/h3,5-9,11-12,16H,2,4,10H2,1H3,(H,20,21,23). The first kappa shape index (κ1) is 20.0. The molecule has 1 aliphatic heterocycles. The quantitative estimate of drug-likeness (QED) is 0.620. The molecule has 1 fully saturated rings. The van der Waals surface area contributed by atoms with Gasteiger partial charge in [-0.05, 0) is 48.6 Å². The Kier molecular flexibility index (Phi) is 5.68. The van der Waals surface area contributed by atoms with E-state index >= 15 is 0 Å². The highest BCUT2D eigenvalue weighted by molar-refractivity contribution is 7.91. The average molecular weight is 450 g/mol. The van der Waals surface area contributed by atoms with Gasteiger partial charge in [-0.3, -0.25) is 4.79 Å². The molecular formula is C19H19N3O4S3. The summed E-state index contributed by atoms with van der Waals surface area (Å²) in [4.78, 5) is 17.3. The van der Waals surface area contributed by atoms with Crippen LogP contribution >= 0.6 is 22.7 Å². The third kappa shape index (κ3) is 4.06. The molecule has 4 rings (SSSR count). The summed E-state index contributed by atoms with van der Waals surface area (Å²) in [7, 11) is -2.06. The summed E-state index contributed by atoms with van der Waals surface area (Å²) in [5.74, 6) is 0.407. The van der Waals surface area contributed by atoms with Crippen molar-refractivity contribution in [3.05, 3.63) is 47.2 Å². The number of amides is 1. The number of carbonyl (C=O) groups is 1. The van der Waals surface area contributed by atoms with Crippen molar-refractivity contribution in [2.75, 3.05) is 19.0 Å². The number of thiazole rings is 1. The molecule has 1 atom stereocenters. The Hall–Kier alpha value is -2.27. The molecule has 10 heteroatoms. The van der Waals surface area contributed by atoms with Gasteiger partial charge >= 0.3 is 0 Å². The largest absolute Gasteiger partial charge is 0.497 e. The zero-order valence-electron chi connectivity index (χ0n) is 15.6. The monoisotopic (exact) mass is 449 g/mol. The summed E-state index contributed by atoms with van der Waals surface area (Å²) in [6, 6.07) is 10.0. The van der Waals surface area contributed by atoms with Crippen LogP contribution in [0.25, 0.3) is 11.3 Å². The number of nitrogens with zero attached hydrogens (tertiary/aromatic N) is 2. The van der Waals surface area contributed by atoms with Crippen molar-refractivity contribution in [1.82, 2.24) is 9.29 Å². The molecule has 7 nitrogen and oxygen atoms in total. The van der Waals surface area contributed by atoms with Gasteiger partial charge in [0.05, 0.1) is 12.8 Å². The minimum atomic E-state index is -3.66. The third-order valence-electron chi connectivity index (χ3n) is 4.68. The second kappa shape index (κ2) is 8.23. The smallest absolute Gasteiger partial charge is 0.253 e. The molecule has 1 amide bonds. The van der Waals surface area contributed by atoms with Crippen molar-refractivity contribution in [1.29, 1.82) is 0 Å². The number of methoxy groups -OCH3 is 1. The second-order valence-electron chi connectivity index (χ2n) is 6.46. The number of aromatic nitrogens is 1. The predicted octanol–water partition coefficient (Wildman–Crippen LogP) is 3.67. The predicted molar refractivity (Wildman–Crippen MR) is 114 cm³/mol. The van der Waals surface area contributed by atoms with E-state index in [2.05, 4.69) is 10.3 Å². The van der Waals surface area contributed by atoms with Gasteiger partial charge in [-0.25, -0.2) is 13.4 Å². The zero-order valence-corrected chi connectivity index (χ0v) is 18.0. The summed E-state index contributed by atoms with van der Waals surface area (Å²) in [6.07, 6.45) is 1.14. The Balaban J connectivity index is 1.48. The fraction of sp³-hybridized carbons (Fsp3) is 0.263. The van der Waals surface area contributed by atoms with E-state index in [1.165, 1.54) is 15.6 Å². The number of sulfonamides is 1. The topological polar surface area (TPSA) is 88.6 Å². The molecule has 0 aliphatic carbocycles. The normalized spacial score (nSPS) is 17.3. The Morgan fingerprint density at radius 3 is 2.72 bits per heavy atom. The first-order valence-electron chi connectivity index (χ1n) is 8.95. The van der Waals surface area contributed by atoms with Gasteiger partial charge in [0.15, 0.2) is 5.13 Å². The van der Waals surface area contributed by atoms with Gasteiger partial charge in [0.25, 0.3) is 10.0 Å². The second-order valence-corrected chi connectivity index (χ2v) is 10.4. The molecule has 0 bridgehead atoms. The Morgan fingerprint density at radius 1 is 1.24 bits per heavy atom. The summed E-state index contributed by atoms with van der Waals surface area (Å²) >= 11 is 2.47. The Labute approximate surface area is 177 Å². The van der Waals surface area contributed by atoms with Crippen LogP contribution in [0.4, 0.5) is 5.13 Å². The van der Waals surface area contributed by atoms with Crippen LogP contribution in [0.2, 0.25) is 0 Å².